The second-order valence-electron chi connectivity index (χ2n) is 6.94. The second-order valence-corrected chi connectivity index (χ2v) is 8.54. The smallest absolute Gasteiger partial charge is 0.253 e. The van der Waals surface area contributed by atoms with Crippen LogP contribution in [0.5, 0.6) is 0 Å². The summed E-state index contributed by atoms with van der Waals surface area (Å²) in [6.45, 7) is 2.93. The molecule has 5 nitrogen and oxygen atoms in total. The first-order valence-electron chi connectivity index (χ1n) is 9.72. The van der Waals surface area contributed by atoms with Gasteiger partial charge in [-0.05, 0) is 11.1 Å². The van der Waals surface area contributed by atoms with Gasteiger partial charge in [0.15, 0.2) is 0 Å². The van der Waals surface area contributed by atoms with Crippen molar-refractivity contribution in [3.05, 3.63) is 71.8 Å². The van der Waals surface area contributed by atoms with Crippen molar-refractivity contribution in [3.8, 4) is 0 Å². The lowest BCUT2D eigenvalue weighted by molar-refractivity contribution is -0.130. The van der Waals surface area contributed by atoms with Crippen molar-refractivity contribution in [1.29, 1.82) is 0 Å². The van der Waals surface area contributed by atoms with Crippen LogP contribution in [-0.4, -0.2) is 57.9 Å². The van der Waals surface area contributed by atoms with Gasteiger partial charge in [0.05, 0.1) is 30.7 Å². The van der Waals surface area contributed by atoms with E-state index in [0.717, 1.165) is 34.2 Å². The van der Waals surface area contributed by atoms with Crippen LogP contribution in [0.1, 0.15) is 23.6 Å². The molecule has 1 amide bonds. The molecule has 1 saturated heterocycles. The highest BCUT2D eigenvalue weighted by molar-refractivity contribution is 8.23. The first-order chi connectivity index (χ1) is 14.2. The Morgan fingerprint density at radius 1 is 1.07 bits per heavy atom. The highest BCUT2D eigenvalue weighted by atomic mass is 32.2. The highest BCUT2D eigenvalue weighted by Gasteiger charge is 2.33. The van der Waals surface area contributed by atoms with E-state index in [2.05, 4.69) is 17.0 Å². The van der Waals surface area contributed by atoms with Gasteiger partial charge in [0, 0.05) is 19.5 Å². The Hall–Kier alpha value is -2.22. The minimum absolute atomic E-state index is 0.0228. The molecule has 29 heavy (non-hydrogen) atoms. The summed E-state index contributed by atoms with van der Waals surface area (Å²) in [5.74, 6) is 0.260. The Morgan fingerprint density at radius 2 is 1.72 bits per heavy atom. The maximum Gasteiger partial charge on any atom is 0.253 e. The third-order valence-corrected chi connectivity index (χ3v) is 6.55. The van der Waals surface area contributed by atoms with E-state index in [0.29, 0.717) is 19.6 Å². The summed E-state index contributed by atoms with van der Waals surface area (Å²) in [5.41, 5.74) is 3.09. The zero-order chi connectivity index (χ0) is 20.1. The summed E-state index contributed by atoms with van der Waals surface area (Å²) in [6.07, 6.45) is 0.707. The van der Waals surface area contributed by atoms with E-state index in [4.69, 9.17) is 22.1 Å². The summed E-state index contributed by atoms with van der Waals surface area (Å²) in [5, 5.41) is 6.36. The summed E-state index contributed by atoms with van der Waals surface area (Å²) in [7, 11) is 0. The summed E-state index contributed by atoms with van der Waals surface area (Å²) >= 11 is 6.93. The van der Waals surface area contributed by atoms with Crippen LogP contribution in [0.15, 0.2) is 65.8 Å². The number of hydrazone groups is 1. The topological polar surface area (TPSA) is 45.1 Å². The molecule has 0 aromatic heterocycles. The zero-order valence-corrected chi connectivity index (χ0v) is 17.7. The van der Waals surface area contributed by atoms with Crippen molar-refractivity contribution >= 4 is 39.9 Å². The van der Waals surface area contributed by atoms with E-state index in [1.165, 1.54) is 11.8 Å². The van der Waals surface area contributed by atoms with E-state index in [1.54, 1.807) is 5.01 Å². The Bertz CT molecular complexity index is 883. The minimum atomic E-state index is -0.0866. The predicted octanol–water partition coefficient (Wildman–Crippen LogP) is 3.71. The summed E-state index contributed by atoms with van der Waals surface area (Å²) in [6, 6.07) is 20.1. The highest BCUT2D eigenvalue weighted by Crippen LogP contribution is 2.33. The number of amides is 1. The Balaban J connectivity index is 1.48. The number of nitrogens with zero attached hydrogens (tertiary/aromatic N) is 3. The molecule has 0 radical (unpaired) electrons. The summed E-state index contributed by atoms with van der Waals surface area (Å²) < 4.78 is 6.12. The maximum atomic E-state index is 13.1. The monoisotopic (exact) mass is 425 g/mol. The zero-order valence-electron chi connectivity index (χ0n) is 16.1. The van der Waals surface area contributed by atoms with Crippen molar-refractivity contribution in [3.63, 3.8) is 0 Å². The molecule has 0 saturated carbocycles. The second kappa shape index (κ2) is 9.52. The molecule has 1 atom stereocenters. The van der Waals surface area contributed by atoms with Gasteiger partial charge >= 0.3 is 0 Å². The van der Waals surface area contributed by atoms with Crippen LogP contribution in [0, 0.1) is 0 Å². The Kier molecular flexibility index (Phi) is 6.59. The number of thiocarbonyl (C=S) groups is 1. The van der Waals surface area contributed by atoms with E-state index < -0.39 is 0 Å². The van der Waals surface area contributed by atoms with Crippen molar-refractivity contribution in [2.45, 2.75) is 12.5 Å². The molecular weight excluding hydrogens is 402 g/mol. The standard InChI is InChI=1S/C22H23N3O2S2/c26-21(16-29-22(28)24-11-13-27-14-12-24)25-20(18-9-5-2-6-10-18)15-19(23-25)17-7-3-1-4-8-17/h1-10,20H,11-16H2/t20-/m0/s1. The van der Waals surface area contributed by atoms with E-state index >= 15 is 0 Å². The molecule has 0 bridgehead atoms. The molecule has 2 aromatic rings. The van der Waals surface area contributed by atoms with Gasteiger partial charge in [-0.1, -0.05) is 84.6 Å². The lowest BCUT2D eigenvalue weighted by atomic mass is 9.98. The molecule has 1 fully saturated rings. The molecule has 0 aliphatic carbocycles. The van der Waals surface area contributed by atoms with Crippen LogP contribution in [0.2, 0.25) is 0 Å². The third kappa shape index (κ3) is 4.86. The van der Waals surface area contributed by atoms with Gasteiger partial charge in [0.25, 0.3) is 5.91 Å². The molecule has 2 heterocycles. The van der Waals surface area contributed by atoms with Crippen LogP contribution in [0.25, 0.3) is 0 Å². The molecule has 2 aliphatic rings. The van der Waals surface area contributed by atoms with E-state index in [1.807, 2.05) is 48.5 Å². The number of hydrogen-bond acceptors (Lipinski definition) is 5. The maximum absolute atomic E-state index is 13.1. The van der Waals surface area contributed by atoms with Crippen molar-refractivity contribution in [2.24, 2.45) is 5.10 Å². The van der Waals surface area contributed by atoms with Gasteiger partial charge in [-0.25, -0.2) is 5.01 Å². The lowest BCUT2D eigenvalue weighted by Crippen LogP contribution is -2.39. The van der Waals surface area contributed by atoms with Gasteiger partial charge in [0.2, 0.25) is 0 Å². The van der Waals surface area contributed by atoms with Gasteiger partial charge in [0.1, 0.15) is 4.32 Å². The molecule has 150 valence electrons. The average molecular weight is 426 g/mol. The number of carbonyl (C=O) groups is 1. The number of benzene rings is 2. The van der Waals surface area contributed by atoms with Crippen LogP contribution in [0.4, 0.5) is 0 Å². The van der Waals surface area contributed by atoms with Crippen LogP contribution >= 0.6 is 24.0 Å². The molecule has 2 aliphatic heterocycles. The van der Waals surface area contributed by atoms with Crippen molar-refractivity contribution < 1.29 is 9.53 Å². The van der Waals surface area contributed by atoms with Crippen LogP contribution < -0.4 is 0 Å². The molecule has 0 unspecified atom stereocenters. The van der Waals surface area contributed by atoms with Gasteiger partial charge in [-0.2, -0.15) is 5.10 Å². The third-order valence-electron chi connectivity index (χ3n) is 5.05. The summed E-state index contributed by atoms with van der Waals surface area (Å²) in [4.78, 5) is 15.2. The Morgan fingerprint density at radius 3 is 2.41 bits per heavy atom. The lowest BCUT2D eigenvalue weighted by Gasteiger charge is -2.29. The molecular formula is C22H23N3O2S2. The fourth-order valence-electron chi connectivity index (χ4n) is 3.51. The fourth-order valence-corrected chi connectivity index (χ4v) is 4.61. The molecule has 7 heteroatoms. The first-order valence-corrected chi connectivity index (χ1v) is 11.1. The molecule has 0 N–H and O–H groups in total. The first kappa shape index (κ1) is 20.1. The van der Waals surface area contributed by atoms with Gasteiger partial charge < -0.3 is 9.64 Å². The normalized spacial score (nSPS) is 19.2. The van der Waals surface area contributed by atoms with Crippen LogP contribution in [0.3, 0.4) is 0 Å². The average Bonchev–Trinajstić information content (AvgIpc) is 3.25. The molecule has 4 rings (SSSR count). The number of hydrogen-bond donors (Lipinski definition) is 0. The fraction of sp³-hybridized carbons (Fsp3) is 0.318. The van der Waals surface area contributed by atoms with Crippen molar-refractivity contribution in [1.82, 2.24) is 9.91 Å². The van der Waals surface area contributed by atoms with E-state index in [-0.39, 0.29) is 17.7 Å². The number of ether oxygens (including phenoxy) is 1. The van der Waals surface area contributed by atoms with Crippen molar-refractivity contribution in [2.75, 3.05) is 32.1 Å². The SMILES string of the molecule is O=C(CSC(=S)N1CCOCC1)N1N=C(c2ccccc2)C[C@H]1c1ccccc1. The Labute approximate surface area is 180 Å². The number of thioether (sulfide) groups is 1. The molecule has 0 spiro atoms. The quantitative estimate of drug-likeness (QED) is 0.699. The molecule has 2 aromatic carbocycles. The number of rotatable bonds is 4. The minimum Gasteiger partial charge on any atom is -0.378 e. The predicted molar refractivity (Wildman–Crippen MR) is 121 cm³/mol. The van der Waals surface area contributed by atoms with E-state index in [9.17, 15) is 4.79 Å². The van der Waals surface area contributed by atoms with Crippen LogP contribution in [-0.2, 0) is 9.53 Å². The van der Waals surface area contributed by atoms with Gasteiger partial charge in [-0.3, -0.25) is 4.79 Å². The van der Waals surface area contributed by atoms with Gasteiger partial charge in [-0.15, -0.1) is 0 Å². The largest absolute Gasteiger partial charge is 0.378 e. The number of carbonyl (C=O) groups excluding carboxylic acids is 1. The number of morpholine rings is 1.